The van der Waals surface area contributed by atoms with Gasteiger partial charge in [-0.25, -0.2) is 8.42 Å². The summed E-state index contributed by atoms with van der Waals surface area (Å²) in [5.41, 5.74) is 1.49. The predicted octanol–water partition coefficient (Wildman–Crippen LogP) is 5.57. The Kier molecular flexibility index (Phi) is 12.1. The molecule has 8 nitrogen and oxygen atoms in total. The summed E-state index contributed by atoms with van der Waals surface area (Å²) >= 11 is 13.0. The van der Waals surface area contributed by atoms with E-state index in [-0.39, 0.29) is 30.5 Å². The van der Waals surface area contributed by atoms with E-state index in [1.807, 2.05) is 44.2 Å². The Balaban J connectivity index is 2.12. The molecule has 0 aliphatic rings. The molecule has 226 valence electrons. The normalized spacial score (nSPS) is 12.1. The van der Waals surface area contributed by atoms with Crippen molar-refractivity contribution in [2.24, 2.45) is 5.92 Å². The zero-order valence-electron chi connectivity index (χ0n) is 24.2. The van der Waals surface area contributed by atoms with E-state index >= 15 is 0 Å². The molecular weight excluding hydrogens is 597 g/mol. The minimum Gasteiger partial charge on any atom is -0.492 e. The van der Waals surface area contributed by atoms with Crippen molar-refractivity contribution in [1.29, 1.82) is 0 Å². The molecule has 0 aliphatic carbocycles. The molecule has 3 aromatic rings. The highest BCUT2D eigenvalue weighted by atomic mass is 35.5. The molecule has 1 atom stereocenters. The van der Waals surface area contributed by atoms with E-state index in [2.05, 4.69) is 5.32 Å². The Labute approximate surface area is 258 Å². The number of ether oxygens (including phenoxy) is 1. The van der Waals surface area contributed by atoms with Crippen molar-refractivity contribution < 1.29 is 22.7 Å². The standard InChI is InChI=1S/C31H37Cl2N3O5S/c1-5-41-29-17-10-9-16-27(29)36(42(4,39)40)21-30(37)35(20-24-25(32)14-11-15-26(24)33)28(31(38)34-19-22(2)3)18-23-12-7-6-8-13-23/h6-17,22,28H,5,18-21H2,1-4H3,(H,34,38)/t28-/m0/s1. The van der Waals surface area contributed by atoms with Crippen LogP contribution >= 0.6 is 23.2 Å². The van der Waals surface area contributed by atoms with Crippen molar-refractivity contribution in [2.75, 3.05) is 30.3 Å². The molecule has 0 bridgehead atoms. The van der Waals surface area contributed by atoms with E-state index in [4.69, 9.17) is 27.9 Å². The number of para-hydroxylation sites is 2. The van der Waals surface area contributed by atoms with Crippen LogP contribution in [0.2, 0.25) is 10.0 Å². The topological polar surface area (TPSA) is 96.0 Å². The third-order valence-electron chi connectivity index (χ3n) is 6.46. The van der Waals surface area contributed by atoms with Gasteiger partial charge in [0.25, 0.3) is 0 Å². The number of halogens is 2. The largest absolute Gasteiger partial charge is 0.492 e. The second-order valence-corrected chi connectivity index (χ2v) is 13.0. The summed E-state index contributed by atoms with van der Waals surface area (Å²) < 4.78 is 32.8. The number of anilines is 1. The number of nitrogens with one attached hydrogen (secondary N) is 1. The average molecular weight is 635 g/mol. The first-order valence-corrected chi connectivity index (χ1v) is 16.3. The number of sulfonamides is 1. The fourth-order valence-corrected chi connectivity index (χ4v) is 5.74. The van der Waals surface area contributed by atoms with Gasteiger partial charge in [0.05, 0.1) is 18.6 Å². The summed E-state index contributed by atoms with van der Waals surface area (Å²) in [5.74, 6) is -0.494. The summed E-state index contributed by atoms with van der Waals surface area (Å²) in [6.07, 6.45) is 1.21. The van der Waals surface area contributed by atoms with Gasteiger partial charge in [-0.15, -0.1) is 0 Å². The van der Waals surface area contributed by atoms with Crippen molar-refractivity contribution in [3.63, 3.8) is 0 Å². The molecule has 0 aromatic heterocycles. The number of hydrogen-bond acceptors (Lipinski definition) is 5. The van der Waals surface area contributed by atoms with E-state index in [9.17, 15) is 18.0 Å². The Morgan fingerprint density at radius 3 is 2.14 bits per heavy atom. The molecule has 3 rings (SSSR count). The molecule has 2 amide bonds. The van der Waals surface area contributed by atoms with Crippen molar-refractivity contribution in [3.05, 3.63) is 94.0 Å². The molecule has 3 aromatic carbocycles. The van der Waals surface area contributed by atoms with Crippen LogP contribution in [0, 0.1) is 5.92 Å². The molecule has 42 heavy (non-hydrogen) atoms. The second kappa shape index (κ2) is 15.3. The van der Waals surface area contributed by atoms with Gasteiger partial charge in [-0.2, -0.15) is 0 Å². The minimum absolute atomic E-state index is 0.116. The van der Waals surface area contributed by atoms with Crippen molar-refractivity contribution in [2.45, 2.75) is 39.8 Å². The summed E-state index contributed by atoms with van der Waals surface area (Å²) in [6, 6.07) is 19.9. The van der Waals surface area contributed by atoms with Gasteiger partial charge in [0, 0.05) is 35.1 Å². The summed E-state index contributed by atoms with van der Waals surface area (Å²) in [5, 5.41) is 3.59. The Morgan fingerprint density at radius 1 is 0.929 bits per heavy atom. The molecule has 0 spiro atoms. The van der Waals surface area contributed by atoms with E-state index in [1.54, 1.807) is 49.4 Å². The number of benzene rings is 3. The number of carbonyl (C=O) groups is 2. The molecule has 1 N–H and O–H groups in total. The average Bonchev–Trinajstić information content (AvgIpc) is 2.94. The molecular formula is C31H37Cl2N3O5S. The van der Waals surface area contributed by atoms with Crippen LogP contribution < -0.4 is 14.4 Å². The highest BCUT2D eigenvalue weighted by molar-refractivity contribution is 7.92. The van der Waals surface area contributed by atoms with Crippen LogP contribution in [0.15, 0.2) is 72.8 Å². The maximum atomic E-state index is 14.3. The first-order valence-electron chi connectivity index (χ1n) is 13.7. The molecule has 0 saturated carbocycles. The zero-order valence-corrected chi connectivity index (χ0v) is 26.5. The minimum atomic E-state index is -3.95. The number of nitrogens with zero attached hydrogens (tertiary/aromatic N) is 2. The van der Waals surface area contributed by atoms with E-state index < -0.39 is 28.5 Å². The lowest BCUT2D eigenvalue weighted by Gasteiger charge is -2.34. The zero-order chi connectivity index (χ0) is 30.9. The molecule has 11 heteroatoms. The van der Waals surface area contributed by atoms with Gasteiger partial charge in [-0.05, 0) is 42.7 Å². The third-order valence-corrected chi connectivity index (χ3v) is 8.29. The quantitative estimate of drug-likeness (QED) is 0.250. The Hall–Kier alpha value is -3.27. The molecule has 0 fully saturated rings. The molecule has 0 aliphatic heterocycles. The van der Waals surface area contributed by atoms with Crippen LogP contribution in [-0.4, -0.2) is 57.1 Å². The second-order valence-electron chi connectivity index (χ2n) is 10.2. The van der Waals surface area contributed by atoms with E-state index in [1.165, 1.54) is 4.90 Å². The van der Waals surface area contributed by atoms with Crippen molar-refractivity contribution in [3.8, 4) is 5.75 Å². The highest BCUT2D eigenvalue weighted by Crippen LogP contribution is 2.31. The van der Waals surface area contributed by atoms with Crippen LogP contribution in [0.3, 0.4) is 0 Å². The predicted molar refractivity (Wildman–Crippen MR) is 169 cm³/mol. The maximum absolute atomic E-state index is 14.3. The number of amides is 2. The van der Waals surface area contributed by atoms with Gasteiger partial charge >= 0.3 is 0 Å². The van der Waals surface area contributed by atoms with Crippen LogP contribution in [0.25, 0.3) is 0 Å². The molecule has 0 unspecified atom stereocenters. The first kappa shape index (κ1) is 33.2. The fraction of sp³-hybridized carbons (Fsp3) is 0.355. The van der Waals surface area contributed by atoms with Crippen LogP contribution in [0.4, 0.5) is 5.69 Å². The van der Waals surface area contributed by atoms with E-state index in [0.29, 0.717) is 34.5 Å². The lowest BCUT2D eigenvalue weighted by molar-refractivity contribution is -0.140. The van der Waals surface area contributed by atoms with Crippen LogP contribution in [-0.2, 0) is 32.6 Å². The summed E-state index contributed by atoms with van der Waals surface area (Å²) in [4.78, 5) is 29.3. The van der Waals surface area contributed by atoms with Gasteiger partial charge in [0.2, 0.25) is 21.8 Å². The van der Waals surface area contributed by atoms with Crippen LogP contribution in [0.1, 0.15) is 31.9 Å². The molecule has 0 heterocycles. The van der Waals surface area contributed by atoms with Gasteiger partial charge in [0.1, 0.15) is 18.3 Å². The number of hydrogen-bond donors (Lipinski definition) is 1. The highest BCUT2D eigenvalue weighted by Gasteiger charge is 2.34. The SMILES string of the molecule is CCOc1ccccc1N(CC(=O)N(Cc1c(Cl)cccc1Cl)[C@@H](Cc1ccccc1)C(=O)NCC(C)C)S(C)(=O)=O. The summed E-state index contributed by atoms with van der Waals surface area (Å²) in [6.45, 7) is 5.73. The Bertz CT molecular complexity index is 1450. The lowest BCUT2D eigenvalue weighted by atomic mass is 10.0. The monoisotopic (exact) mass is 633 g/mol. The van der Waals surface area contributed by atoms with Crippen molar-refractivity contribution >= 4 is 50.7 Å². The lowest BCUT2D eigenvalue weighted by Crippen LogP contribution is -2.53. The maximum Gasteiger partial charge on any atom is 0.244 e. The Morgan fingerprint density at radius 2 is 1.55 bits per heavy atom. The van der Waals surface area contributed by atoms with Gasteiger partial charge in [-0.3, -0.25) is 13.9 Å². The number of rotatable bonds is 14. The van der Waals surface area contributed by atoms with Crippen LogP contribution in [0.5, 0.6) is 5.75 Å². The smallest absolute Gasteiger partial charge is 0.244 e. The molecule has 0 radical (unpaired) electrons. The van der Waals surface area contributed by atoms with Gasteiger partial charge in [0.15, 0.2) is 0 Å². The molecule has 0 saturated heterocycles. The van der Waals surface area contributed by atoms with Gasteiger partial charge in [-0.1, -0.05) is 85.6 Å². The number of carbonyl (C=O) groups excluding carboxylic acids is 2. The van der Waals surface area contributed by atoms with Crippen molar-refractivity contribution in [1.82, 2.24) is 10.2 Å². The van der Waals surface area contributed by atoms with Gasteiger partial charge < -0.3 is 15.0 Å². The van der Waals surface area contributed by atoms with E-state index in [0.717, 1.165) is 16.1 Å². The third kappa shape index (κ3) is 9.11. The summed E-state index contributed by atoms with van der Waals surface area (Å²) in [7, 11) is -3.95. The first-order chi connectivity index (χ1) is 19.9. The fourth-order valence-electron chi connectivity index (χ4n) is 4.37.